The fourth-order valence-electron chi connectivity index (χ4n) is 1.91. The topological polar surface area (TPSA) is 84.2 Å². The molecule has 2 heterocycles. The van der Waals surface area contributed by atoms with Crippen LogP contribution < -0.4 is 10.6 Å². The molecule has 0 aliphatic rings. The number of aromatic nitrogens is 4. The number of carbonyl (C=O) groups excluding carboxylic acids is 1. The van der Waals surface area contributed by atoms with Crippen molar-refractivity contribution >= 4 is 28.0 Å². The zero-order valence-electron chi connectivity index (χ0n) is 12.0. The monoisotopic (exact) mass is 356 g/mol. The van der Waals surface area contributed by atoms with E-state index in [2.05, 4.69) is 25.9 Å². The number of carbonyl (C=O) groups is 1. The van der Waals surface area contributed by atoms with Gasteiger partial charge in [0.2, 0.25) is 4.96 Å². The first kappa shape index (κ1) is 16.2. The van der Waals surface area contributed by atoms with E-state index >= 15 is 0 Å². The first-order valence-electron chi connectivity index (χ1n) is 6.82. The van der Waals surface area contributed by atoms with Gasteiger partial charge in [0.25, 0.3) is 5.82 Å². The average molecular weight is 356 g/mol. The third-order valence-electron chi connectivity index (χ3n) is 2.94. The molecule has 2 aromatic heterocycles. The van der Waals surface area contributed by atoms with Crippen molar-refractivity contribution in [2.45, 2.75) is 12.6 Å². The van der Waals surface area contributed by atoms with Crippen molar-refractivity contribution in [2.75, 3.05) is 11.9 Å². The van der Waals surface area contributed by atoms with Crippen molar-refractivity contribution in [3.05, 3.63) is 41.2 Å². The van der Waals surface area contributed by atoms with Crippen LogP contribution in [0, 0.1) is 0 Å². The minimum Gasteiger partial charge on any atom is -0.337 e. The molecule has 7 nitrogen and oxygen atoms in total. The summed E-state index contributed by atoms with van der Waals surface area (Å²) in [7, 11) is 0. The Labute approximate surface area is 137 Å². The quantitative estimate of drug-likeness (QED) is 0.753. The number of nitrogens with zero attached hydrogens (tertiary/aromatic N) is 4. The van der Waals surface area contributed by atoms with E-state index in [0.29, 0.717) is 15.2 Å². The molecule has 11 heteroatoms. The Morgan fingerprint density at radius 1 is 1.21 bits per heavy atom. The van der Waals surface area contributed by atoms with Crippen LogP contribution in [0.3, 0.4) is 0 Å². The molecule has 0 fully saturated rings. The molecule has 0 saturated carbocycles. The molecular weight excluding hydrogens is 345 g/mol. The van der Waals surface area contributed by atoms with Crippen molar-refractivity contribution in [1.29, 1.82) is 0 Å². The fourth-order valence-corrected chi connectivity index (χ4v) is 2.75. The second kappa shape index (κ2) is 6.43. The Balaban J connectivity index is 1.56. The number of hydrogen-bond donors (Lipinski definition) is 2. The van der Waals surface area contributed by atoms with Gasteiger partial charge < -0.3 is 10.6 Å². The highest BCUT2D eigenvalue weighted by Crippen LogP contribution is 2.28. The number of hydrogen-bond acceptors (Lipinski definition) is 5. The van der Waals surface area contributed by atoms with E-state index < -0.39 is 18.0 Å². The van der Waals surface area contributed by atoms with Crippen LogP contribution in [0.1, 0.15) is 10.8 Å². The highest BCUT2D eigenvalue weighted by molar-refractivity contribution is 7.16. The van der Waals surface area contributed by atoms with Gasteiger partial charge in [0, 0.05) is 18.7 Å². The molecule has 0 unspecified atom stereocenters. The van der Waals surface area contributed by atoms with Gasteiger partial charge in [0.1, 0.15) is 5.01 Å². The maximum atomic E-state index is 12.7. The Morgan fingerprint density at radius 3 is 2.67 bits per heavy atom. The lowest BCUT2D eigenvalue weighted by atomic mass is 10.3. The highest BCUT2D eigenvalue weighted by atomic mass is 32.1. The number of benzene rings is 1. The second-order valence-corrected chi connectivity index (χ2v) is 5.75. The first-order valence-corrected chi connectivity index (χ1v) is 7.63. The molecule has 0 bridgehead atoms. The van der Waals surface area contributed by atoms with Crippen LogP contribution in [0.4, 0.5) is 23.7 Å². The van der Waals surface area contributed by atoms with Crippen LogP contribution in [-0.2, 0) is 12.6 Å². The van der Waals surface area contributed by atoms with Crippen molar-refractivity contribution < 1.29 is 18.0 Å². The van der Waals surface area contributed by atoms with Gasteiger partial charge in [0.05, 0.1) is 0 Å². The molecular formula is C13H11F3N6OS. The zero-order chi connectivity index (χ0) is 17.2. The van der Waals surface area contributed by atoms with Gasteiger partial charge >= 0.3 is 12.2 Å². The molecule has 3 aromatic rings. The number of rotatable bonds is 4. The van der Waals surface area contributed by atoms with E-state index in [-0.39, 0.29) is 17.9 Å². The largest absolute Gasteiger partial charge is 0.453 e. The number of nitrogens with one attached hydrogen (secondary N) is 2. The normalized spacial score (nSPS) is 11.6. The molecule has 2 N–H and O–H groups in total. The van der Waals surface area contributed by atoms with Crippen LogP contribution >= 0.6 is 11.3 Å². The van der Waals surface area contributed by atoms with E-state index in [1.54, 1.807) is 24.3 Å². The van der Waals surface area contributed by atoms with E-state index in [4.69, 9.17) is 0 Å². The van der Waals surface area contributed by atoms with Crippen molar-refractivity contribution in [3.8, 4) is 0 Å². The molecule has 126 valence electrons. The maximum Gasteiger partial charge on any atom is 0.453 e. The van der Waals surface area contributed by atoms with Crippen LogP contribution in [0.2, 0.25) is 0 Å². The predicted molar refractivity (Wildman–Crippen MR) is 80.8 cm³/mol. The van der Waals surface area contributed by atoms with Crippen LogP contribution in [0.25, 0.3) is 4.96 Å². The number of urea groups is 1. The van der Waals surface area contributed by atoms with Crippen LogP contribution in [0.5, 0.6) is 0 Å². The van der Waals surface area contributed by atoms with E-state index in [0.717, 1.165) is 11.3 Å². The average Bonchev–Trinajstić information content (AvgIpc) is 3.07. The predicted octanol–water partition coefficient (Wildman–Crippen LogP) is 2.57. The minimum atomic E-state index is -4.61. The number of amides is 2. The molecule has 0 spiro atoms. The molecule has 0 aliphatic carbocycles. The van der Waals surface area contributed by atoms with Gasteiger partial charge in [-0.3, -0.25) is 0 Å². The van der Waals surface area contributed by atoms with Gasteiger partial charge in [-0.15, -0.1) is 10.2 Å². The Kier molecular flexibility index (Phi) is 4.34. The molecule has 3 rings (SSSR count). The lowest BCUT2D eigenvalue weighted by molar-refractivity contribution is -0.146. The Bertz CT molecular complexity index is 844. The summed E-state index contributed by atoms with van der Waals surface area (Å²) in [6, 6.07) is 8.47. The lowest BCUT2D eigenvalue weighted by Crippen LogP contribution is -2.30. The fraction of sp³-hybridized carbons (Fsp3) is 0.231. The summed E-state index contributed by atoms with van der Waals surface area (Å²) >= 11 is 0.996. The van der Waals surface area contributed by atoms with E-state index in [1.807, 2.05) is 6.07 Å². The van der Waals surface area contributed by atoms with Crippen molar-refractivity contribution in [2.24, 2.45) is 0 Å². The Morgan fingerprint density at radius 2 is 1.96 bits per heavy atom. The van der Waals surface area contributed by atoms with Crippen molar-refractivity contribution in [3.63, 3.8) is 0 Å². The second-order valence-electron chi connectivity index (χ2n) is 4.71. The molecule has 24 heavy (non-hydrogen) atoms. The van der Waals surface area contributed by atoms with Crippen LogP contribution in [-0.4, -0.2) is 32.4 Å². The number of halogens is 3. The van der Waals surface area contributed by atoms with Gasteiger partial charge in [-0.25, -0.2) is 4.79 Å². The van der Waals surface area contributed by atoms with Crippen LogP contribution in [0.15, 0.2) is 30.3 Å². The summed E-state index contributed by atoms with van der Waals surface area (Å²) in [6.07, 6.45) is -4.33. The molecule has 0 aliphatic heterocycles. The van der Waals surface area contributed by atoms with E-state index in [9.17, 15) is 18.0 Å². The lowest BCUT2D eigenvalue weighted by Gasteiger charge is -2.06. The Hall–Kier alpha value is -2.69. The third kappa shape index (κ3) is 3.62. The molecule has 2 amide bonds. The standard InChI is InChI=1S/C13H11F3N6OS/c14-13(15,16)10-19-20-12-22(10)21-9(24-12)6-7-17-11(23)18-8-4-2-1-3-5-8/h1-5H,6-7H2,(H2,17,18,23). The minimum absolute atomic E-state index is 0.0612. The first-order chi connectivity index (χ1) is 11.4. The number of alkyl halides is 3. The smallest absolute Gasteiger partial charge is 0.337 e. The third-order valence-corrected chi connectivity index (χ3v) is 3.90. The van der Waals surface area contributed by atoms with E-state index in [1.165, 1.54) is 0 Å². The summed E-state index contributed by atoms with van der Waals surface area (Å²) in [5.74, 6) is -1.16. The molecule has 0 radical (unpaired) electrons. The molecule has 0 saturated heterocycles. The maximum absolute atomic E-state index is 12.7. The van der Waals surface area contributed by atoms with Gasteiger partial charge in [-0.1, -0.05) is 29.5 Å². The summed E-state index contributed by atoms with van der Waals surface area (Å²) in [5, 5.41) is 16.0. The summed E-state index contributed by atoms with van der Waals surface area (Å²) in [4.78, 5) is 11.8. The van der Waals surface area contributed by atoms with Crippen molar-refractivity contribution in [1.82, 2.24) is 25.1 Å². The number of para-hydroxylation sites is 1. The zero-order valence-corrected chi connectivity index (χ0v) is 12.9. The summed E-state index contributed by atoms with van der Waals surface area (Å²) in [6.45, 7) is 0.226. The SMILES string of the molecule is O=C(NCCc1nn2c(C(F)(F)F)nnc2s1)Nc1ccccc1. The molecule has 0 atom stereocenters. The number of fused-ring (bicyclic) bond motifs is 1. The van der Waals surface area contributed by atoms with Gasteiger partial charge in [0.15, 0.2) is 0 Å². The van der Waals surface area contributed by atoms with Gasteiger partial charge in [-0.2, -0.15) is 22.8 Å². The molecule has 1 aromatic carbocycles. The van der Waals surface area contributed by atoms with Gasteiger partial charge in [-0.05, 0) is 12.1 Å². The highest BCUT2D eigenvalue weighted by Gasteiger charge is 2.38. The number of anilines is 1. The summed E-state index contributed by atoms with van der Waals surface area (Å²) in [5.41, 5.74) is 0.642. The summed E-state index contributed by atoms with van der Waals surface area (Å²) < 4.78 is 38.8.